The van der Waals surface area contributed by atoms with E-state index < -0.39 is 0 Å². The molecule has 0 amide bonds. The van der Waals surface area contributed by atoms with E-state index in [1.807, 2.05) is 0 Å². The first-order valence-corrected chi connectivity index (χ1v) is 8.33. The Balaban J connectivity index is 1.41. The fourth-order valence-corrected chi connectivity index (χ4v) is 3.26. The summed E-state index contributed by atoms with van der Waals surface area (Å²) in [7, 11) is 0. The van der Waals surface area contributed by atoms with Crippen molar-refractivity contribution in [3.63, 3.8) is 0 Å². The Morgan fingerprint density at radius 3 is 2.62 bits per heavy atom. The van der Waals surface area contributed by atoms with E-state index in [2.05, 4.69) is 43.8 Å². The lowest BCUT2D eigenvalue weighted by Gasteiger charge is -2.37. The number of ether oxygens (including phenoxy) is 1. The number of anilines is 1. The molecule has 4 rings (SSSR count). The molecule has 7 nitrogen and oxygen atoms in total. The van der Waals surface area contributed by atoms with Gasteiger partial charge in [-0.3, -0.25) is 4.90 Å². The van der Waals surface area contributed by atoms with Crippen molar-refractivity contribution in [2.75, 3.05) is 37.7 Å². The minimum atomic E-state index is 0.0934. The van der Waals surface area contributed by atoms with Crippen molar-refractivity contribution in [2.24, 2.45) is 0 Å². The number of rotatable bonds is 3. The van der Waals surface area contributed by atoms with E-state index in [4.69, 9.17) is 4.74 Å². The molecule has 4 heterocycles. The molecular weight excluding hydrogens is 306 g/mol. The molecule has 1 atom stereocenters. The molecule has 7 heteroatoms. The summed E-state index contributed by atoms with van der Waals surface area (Å²) >= 11 is 0. The maximum Gasteiger partial charge on any atom is 0.225 e. The largest absolute Gasteiger partial charge is 0.505 e. The first-order chi connectivity index (χ1) is 11.7. The molecule has 0 spiro atoms. The fraction of sp³-hybridized carbons (Fsp3) is 0.471. The van der Waals surface area contributed by atoms with E-state index in [0.717, 1.165) is 50.8 Å². The van der Waals surface area contributed by atoms with Crippen molar-refractivity contribution in [3.8, 4) is 11.6 Å². The van der Waals surface area contributed by atoms with Gasteiger partial charge >= 0.3 is 0 Å². The second-order valence-corrected chi connectivity index (χ2v) is 6.24. The molecule has 1 N–H and O–H groups in total. The van der Waals surface area contributed by atoms with Crippen molar-refractivity contribution in [1.29, 1.82) is 0 Å². The summed E-state index contributed by atoms with van der Waals surface area (Å²) in [4.78, 5) is 17.6. The van der Waals surface area contributed by atoms with Gasteiger partial charge in [-0.25, -0.2) is 15.0 Å². The number of pyridine rings is 1. The van der Waals surface area contributed by atoms with Crippen molar-refractivity contribution in [1.82, 2.24) is 19.9 Å². The topological polar surface area (TPSA) is 74.6 Å². The van der Waals surface area contributed by atoms with Crippen molar-refractivity contribution >= 4 is 5.95 Å². The molecule has 24 heavy (non-hydrogen) atoms. The monoisotopic (exact) mass is 327 g/mol. The second kappa shape index (κ2) is 6.24. The fourth-order valence-electron chi connectivity index (χ4n) is 3.26. The average molecular weight is 327 g/mol. The Kier molecular flexibility index (Phi) is 3.93. The number of aromatic hydroxyl groups is 1. The highest BCUT2D eigenvalue weighted by Crippen LogP contribution is 2.27. The summed E-state index contributed by atoms with van der Waals surface area (Å²) in [5.41, 5.74) is 2.27. The van der Waals surface area contributed by atoms with Crippen LogP contribution in [0.3, 0.4) is 0 Å². The Morgan fingerprint density at radius 1 is 1.12 bits per heavy atom. The maximum atomic E-state index is 9.29. The molecule has 0 aliphatic carbocycles. The molecule has 0 radical (unpaired) electrons. The van der Waals surface area contributed by atoms with Gasteiger partial charge in [0.05, 0.1) is 24.7 Å². The quantitative estimate of drug-likeness (QED) is 0.913. The molecule has 0 aromatic carbocycles. The van der Waals surface area contributed by atoms with Crippen molar-refractivity contribution in [3.05, 3.63) is 35.8 Å². The predicted molar refractivity (Wildman–Crippen MR) is 89.3 cm³/mol. The van der Waals surface area contributed by atoms with Crippen LogP contribution in [0.1, 0.15) is 24.2 Å². The lowest BCUT2D eigenvalue weighted by Crippen LogP contribution is -2.47. The lowest BCUT2D eigenvalue weighted by atomic mass is 10.1. The molecule has 0 bridgehead atoms. The molecule has 126 valence electrons. The first kappa shape index (κ1) is 15.1. The predicted octanol–water partition coefficient (Wildman–Crippen LogP) is 1.40. The Bertz CT molecular complexity index is 713. The lowest BCUT2D eigenvalue weighted by molar-refractivity contribution is 0.193. The van der Waals surface area contributed by atoms with Crippen LogP contribution in [0, 0.1) is 0 Å². The van der Waals surface area contributed by atoms with Crippen LogP contribution in [0.2, 0.25) is 0 Å². The second-order valence-electron chi connectivity index (χ2n) is 6.24. The van der Waals surface area contributed by atoms with Crippen LogP contribution >= 0.6 is 0 Å². The number of piperazine rings is 1. The zero-order chi connectivity index (χ0) is 16.5. The third-order valence-corrected chi connectivity index (χ3v) is 4.77. The maximum absolute atomic E-state index is 9.29. The summed E-state index contributed by atoms with van der Waals surface area (Å²) in [6.45, 7) is 6.49. The molecule has 1 fully saturated rings. The van der Waals surface area contributed by atoms with Gasteiger partial charge < -0.3 is 14.7 Å². The third kappa shape index (κ3) is 2.87. The van der Waals surface area contributed by atoms with Crippen LogP contribution in [0.25, 0.3) is 0 Å². The summed E-state index contributed by atoms with van der Waals surface area (Å²) in [5, 5.41) is 9.29. The summed E-state index contributed by atoms with van der Waals surface area (Å²) in [5.74, 6) is 1.57. The first-order valence-electron chi connectivity index (χ1n) is 8.33. The van der Waals surface area contributed by atoms with Crippen LogP contribution in [-0.4, -0.2) is 57.7 Å². The number of aromatic nitrogens is 3. The Morgan fingerprint density at radius 2 is 1.88 bits per heavy atom. The molecule has 2 aromatic rings. The van der Waals surface area contributed by atoms with Crippen molar-refractivity contribution < 1.29 is 9.84 Å². The Labute approximate surface area is 140 Å². The minimum Gasteiger partial charge on any atom is -0.505 e. The number of hydrogen-bond donors (Lipinski definition) is 1. The van der Waals surface area contributed by atoms with E-state index in [1.165, 1.54) is 18.0 Å². The van der Waals surface area contributed by atoms with Crippen LogP contribution in [0.5, 0.6) is 11.6 Å². The molecule has 1 saturated heterocycles. The smallest absolute Gasteiger partial charge is 0.225 e. The van der Waals surface area contributed by atoms with Crippen molar-refractivity contribution in [2.45, 2.75) is 19.4 Å². The van der Waals surface area contributed by atoms with Gasteiger partial charge in [0.1, 0.15) is 0 Å². The highest BCUT2D eigenvalue weighted by Gasteiger charge is 2.25. The summed E-state index contributed by atoms with van der Waals surface area (Å²) in [6, 6.07) is 4.51. The molecular formula is C17H21N5O2. The SMILES string of the molecule is CC(c1ccc2c(n1)OCC2)N1CCN(c2ncc(O)cn2)CC1. The van der Waals surface area contributed by atoms with Gasteiger partial charge in [0, 0.05) is 44.2 Å². The molecule has 2 aliphatic heterocycles. The van der Waals surface area contributed by atoms with Gasteiger partial charge in [0.2, 0.25) is 11.8 Å². The van der Waals surface area contributed by atoms with Gasteiger partial charge in [0.25, 0.3) is 0 Å². The molecule has 0 saturated carbocycles. The standard InChI is InChI=1S/C17H21N5O2/c1-12(15-3-2-13-4-9-24-16(13)20-15)21-5-7-22(8-6-21)17-18-10-14(23)11-19-17/h2-3,10-12,23H,4-9H2,1H3. The van der Waals surface area contributed by atoms with Crippen LogP contribution in [-0.2, 0) is 6.42 Å². The average Bonchev–Trinajstić information content (AvgIpc) is 3.09. The van der Waals surface area contributed by atoms with Gasteiger partial charge in [-0.15, -0.1) is 0 Å². The van der Waals surface area contributed by atoms with Gasteiger partial charge in [-0.2, -0.15) is 0 Å². The van der Waals surface area contributed by atoms with E-state index in [0.29, 0.717) is 5.95 Å². The minimum absolute atomic E-state index is 0.0934. The van der Waals surface area contributed by atoms with E-state index >= 15 is 0 Å². The van der Waals surface area contributed by atoms with Gasteiger partial charge in [0.15, 0.2) is 5.75 Å². The summed E-state index contributed by atoms with van der Waals surface area (Å²) < 4.78 is 5.59. The van der Waals surface area contributed by atoms with E-state index in [1.54, 1.807) is 0 Å². The number of nitrogens with zero attached hydrogens (tertiary/aromatic N) is 5. The zero-order valence-corrected chi connectivity index (χ0v) is 13.7. The molecule has 1 unspecified atom stereocenters. The number of fused-ring (bicyclic) bond motifs is 1. The molecule has 2 aromatic heterocycles. The summed E-state index contributed by atoms with van der Waals surface area (Å²) in [6.07, 6.45) is 3.83. The van der Waals surface area contributed by atoms with Crippen LogP contribution in [0.15, 0.2) is 24.5 Å². The van der Waals surface area contributed by atoms with Gasteiger partial charge in [-0.1, -0.05) is 6.07 Å². The number of hydrogen-bond acceptors (Lipinski definition) is 7. The normalized spacial score (nSPS) is 19.0. The third-order valence-electron chi connectivity index (χ3n) is 4.77. The Hall–Kier alpha value is -2.41. The highest BCUT2D eigenvalue weighted by molar-refractivity contribution is 5.33. The van der Waals surface area contributed by atoms with E-state index in [9.17, 15) is 5.11 Å². The van der Waals surface area contributed by atoms with Gasteiger partial charge in [-0.05, 0) is 13.0 Å². The van der Waals surface area contributed by atoms with Crippen LogP contribution < -0.4 is 9.64 Å². The zero-order valence-electron chi connectivity index (χ0n) is 13.7. The highest BCUT2D eigenvalue weighted by atomic mass is 16.5. The molecule has 2 aliphatic rings. The van der Waals surface area contributed by atoms with E-state index in [-0.39, 0.29) is 11.8 Å². The van der Waals surface area contributed by atoms with Crippen LogP contribution in [0.4, 0.5) is 5.95 Å².